The van der Waals surface area contributed by atoms with Gasteiger partial charge in [0, 0.05) is 30.9 Å². The standard InChI is InChI=1S/C14H12FN5O/c1-20-7-9(6-19-20)13-5-14(18-8-17-13)21-10-2-3-11(15)12(16)4-10/h2-8H,16H2,1H3. The molecule has 0 aliphatic carbocycles. The van der Waals surface area contributed by atoms with E-state index in [1.807, 2.05) is 13.2 Å². The molecule has 0 atom stereocenters. The molecule has 2 aromatic heterocycles. The highest BCUT2D eigenvalue weighted by molar-refractivity contribution is 5.57. The van der Waals surface area contributed by atoms with Gasteiger partial charge in [0.2, 0.25) is 5.88 Å². The fourth-order valence-electron chi connectivity index (χ4n) is 1.81. The Kier molecular flexibility index (Phi) is 3.23. The first-order valence-corrected chi connectivity index (χ1v) is 6.16. The smallest absolute Gasteiger partial charge is 0.222 e. The van der Waals surface area contributed by atoms with Gasteiger partial charge < -0.3 is 10.5 Å². The number of nitrogens with two attached hydrogens (primary N) is 1. The van der Waals surface area contributed by atoms with Crippen LogP contribution in [0.25, 0.3) is 11.3 Å². The molecule has 0 amide bonds. The molecular formula is C14H12FN5O. The summed E-state index contributed by atoms with van der Waals surface area (Å²) in [5, 5.41) is 4.09. The molecule has 0 fully saturated rings. The summed E-state index contributed by atoms with van der Waals surface area (Å²) in [6.45, 7) is 0. The number of rotatable bonds is 3. The monoisotopic (exact) mass is 285 g/mol. The molecule has 3 aromatic rings. The molecular weight excluding hydrogens is 273 g/mol. The maximum atomic E-state index is 13.1. The summed E-state index contributed by atoms with van der Waals surface area (Å²) in [6, 6.07) is 5.81. The van der Waals surface area contributed by atoms with Crippen LogP contribution < -0.4 is 10.5 Å². The Morgan fingerprint density at radius 2 is 2.10 bits per heavy atom. The molecule has 21 heavy (non-hydrogen) atoms. The lowest BCUT2D eigenvalue weighted by Gasteiger charge is -2.06. The lowest BCUT2D eigenvalue weighted by molar-refractivity contribution is 0.460. The van der Waals surface area contributed by atoms with Gasteiger partial charge in [-0.1, -0.05) is 0 Å². The lowest BCUT2D eigenvalue weighted by atomic mass is 10.2. The van der Waals surface area contributed by atoms with E-state index in [1.54, 1.807) is 16.9 Å². The molecule has 6 nitrogen and oxygen atoms in total. The highest BCUT2D eigenvalue weighted by atomic mass is 19.1. The third-order valence-corrected chi connectivity index (χ3v) is 2.83. The number of nitrogens with zero attached hydrogens (tertiary/aromatic N) is 4. The van der Waals surface area contributed by atoms with Crippen molar-refractivity contribution in [3.63, 3.8) is 0 Å². The van der Waals surface area contributed by atoms with E-state index < -0.39 is 5.82 Å². The molecule has 0 saturated heterocycles. The van der Waals surface area contributed by atoms with Crippen molar-refractivity contribution in [3.05, 3.63) is 48.8 Å². The van der Waals surface area contributed by atoms with E-state index in [-0.39, 0.29) is 5.69 Å². The third-order valence-electron chi connectivity index (χ3n) is 2.83. The van der Waals surface area contributed by atoms with Gasteiger partial charge in [-0.2, -0.15) is 5.10 Å². The number of anilines is 1. The van der Waals surface area contributed by atoms with Gasteiger partial charge in [-0.3, -0.25) is 4.68 Å². The SMILES string of the molecule is Cn1cc(-c2cc(Oc3ccc(F)c(N)c3)ncn2)cn1. The van der Waals surface area contributed by atoms with Crippen LogP contribution in [0.1, 0.15) is 0 Å². The number of ether oxygens (including phenoxy) is 1. The van der Waals surface area contributed by atoms with E-state index in [0.717, 1.165) is 5.56 Å². The summed E-state index contributed by atoms with van der Waals surface area (Å²) >= 11 is 0. The Morgan fingerprint density at radius 1 is 1.24 bits per heavy atom. The first-order valence-electron chi connectivity index (χ1n) is 6.16. The van der Waals surface area contributed by atoms with E-state index >= 15 is 0 Å². The van der Waals surface area contributed by atoms with Gasteiger partial charge in [-0.15, -0.1) is 0 Å². The van der Waals surface area contributed by atoms with Crippen LogP contribution in [0.4, 0.5) is 10.1 Å². The van der Waals surface area contributed by atoms with Crippen LogP contribution in [0.15, 0.2) is 43.0 Å². The van der Waals surface area contributed by atoms with Crippen LogP contribution in [-0.4, -0.2) is 19.7 Å². The normalized spacial score (nSPS) is 10.6. The van der Waals surface area contributed by atoms with Crippen molar-refractivity contribution in [1.82, 2.24) is 19.7 Å². The van der Waals surface area contributed by atoms with Crippen LogP contribution in [-0.2, 0) is 7.05 Å². The zero-order valence-corrected chi connectivity index (χ0v) is 11.2. The van der Waals surface area contributed by atoms with Gasteiger partial charge >= 0.3 is 0 Å². The van der Waals surface area contributed by atoms with Crippen molar-refractivity contribution in [2.75, 3.05) is 5.73 Å². The maximum Gasteiger partial charge on any atom is 0.222 e. The molecule has 106 valence electrons. The van der Waals surface area contributed by atoms with Crippen LogP contribution in [0.5, 0.6) is 11.6 Å². The molecule has 0 aliphatic heterocycles. The highest BCUT2D eigenvalue weighted by Gasteiger charge is 2.07. The van der Waals surface area contributed by atoms with E-state index in [1.165, 1.54) is 24.5 Å². The Bertz CT molecular complexity index is 787. The van der Waals surface area contributed by atoms with Crippen LogP contribution in [0.3, 0.4) is 0 Å². The second-order valence-electron chi connectivity index (χ2n) is 4.43. The van der Waals surface area contributed by atoms with Crippen LogP contribution in [0.2, 0.25) is 0 Å². The largest absolute Gasteiger partial charge is 0.439 e. The number of aromatic nitrogens is 4. The molecule has 0 aliphatic rings. The molecule has 0 bridgehead atoms. The number of benzene rings is 1. The summed E-state index contributed by atoms with van der Waals surface area (Å²) in [5.74, 6) is 0.265. The summed E-state index contributed by atoms with van der Waals surface area (Å²) < 4.78 is 20.3. The van der Waals surface area contributed by atoms with Gasteiger partial charge in [0.15, 0.2) is 0 Å². The first kappa shape index (κ1) is 13.0. The Hall–Kier alpha value is -2.96. The number of hydrogen-bond donors (Lipinski definition) is 1. The van der Waals surface area contributed by atoms with Gasteiger partial charge in [-0.25, -0.2) is 14.4 Å². The van der Waals surface area contributed by atoms with E-state index in [2.05, 4.69) is 15.1 Å². The van der Waals surface area contributed by atoms with E-state index in [9.17, 15) is 4.39 Å². The molecule has 0 spiro atoms. The van der Waals surface area contributed by atoms with E-state index in [0.29, 0.717) is 17.3 Å². The molecule has 2 heterocycles. The predicted octanol–water partition coefficient (Wildman–Crippen LogP) is 2.39. The highest BCUT2D eigenvalue weighted by Crippen LogP contribution is 2.25. The lowest BCUT2D eigenvalue weighted by Crippen LogP contribution is -1.94. The fourth-order valence-corrected chi connectivity index (χ4v) is 1.81. The second-order valence-corrected chi connectivity index (χ2v) is 4.43. The summed E-state index contributed by atoms with van der Waals surface area (Å²) in [7, 11) is 1.82. The van der Waals surface area contributed by atoms with Crippen molar-refractivity contribution in [3.8, 4) is 22.9 Å². The molecule has 0 unspecified atom stereocenters. The molecule has 3 rings (SSSR count). The second kappa shape index (κ2) is 5.20. The number of nitrogen functional groups attached to an aromatic ring is 1. The van der Waals surface area contributed by atoms with Crippen LogP contribution >= 0.6 is 0 Å². The van der Waals surface area contributed by atoms with Crippen molar-refractivity contribution >= 4 is 5.69 Å². The third kappa shape index (κ3) is 2.81. The fraction of sp³-hybridized carbons (Fsp3) is 0.0714. The molecule has 2 N–H and O–H groups in total. The average molecular weight is 285 g/mol. The quantitative estimate of drug-likeness (QED) is 0.747. The Balaban J connectivity index is 1.87. The number of halogens is 1. The van der Waals surface area contributed by atoms with Crippen molar-refractivity contribution in [2.24, 2.45) is 7.05 Å². The minimum Gasteiger partial charge on any atom is -0.439 e. The van der Waals surface area contributed by atoms with Crippen LogP contribution in [0, 0.1) is 5.82 Å². The van der Waals surface area contributed by atoms with Gasteiger partial charge in [0.25, 0.3) is 0 Å². The topological polar surface area (TPSA) is 78.9 Å². The van der Waals surface area contributed by atoms with Gasteiger partial charge in [0.1, 0.15) is 17.9 Å². The summed E-state index contributed by atoms with van der Waals surface area (Å²) in [4.78, 5) is 8.19. The maximum absolute atomic E-state index is 13.1. The van der Waals surface area contributed by atoms with Crippen molar-refractivity contribution in [2.45, 2.75) is 0 Å². The predicted molar refractivity (Wildman–Crippen MR) is 75.1 cm³/mol. The molecule has 0 radical (unpaired) electrons. The average Bonchev–Trinajstić information content (AvgIpc) is 2.90. The van der Waals surface area contributed by atoms with Crippen molar-refractivity contribution < 1.29 is 9.13 Å². The summed E-state index contributed by atoms with van der Waals surface area (Å²) in [5.41, 5.74) is 7.06. The number of aryl methyl sites for hydroxylation is 1. The zero-order chi connectivity index (χ0) is 14.8. The van der Waals surface area contributed by atoms with Gasteiger partial charge in [0.05, 0.1) is 17.6 Å². The minimum atomic E-state index is -0.485. The minimum absolute atomic E-state index is 0.0223. The first-order chi connectivity index (χ1) is 10.1. The van der Waals surface area contributed by atoms with E-state index in [4.69, 9.17) is 10.5 Å². The Morgan fingerprint density at radius 3 is 2.81 bits per heavy atom. The van der Waals surface area contributed by atoms with Gasteiger partial charge in [-0.05, 0) is 12.1 Å². The van der Waals surface area contributed by atoms with Crippen molar-refractivity contribution in [1.29, 1.82) is 0 Å². The number of hydrogen-bond acceptors (Lipinski definition) is 5. The summed E-state index contributed by atoms with van der Waals surface area (Å²) in [6.07, 6.45) is 4.93. The molecule has 0 saturated carbocycles. The zero-order valence-electron chi connectivity index (χ0n) is 11.2. The Labute approximate surface area is 120 Å². The molecule has 7 heteroatoms. The molecule has 1 aromatic carbocycles.